The Labute approximate surface area is 127 Å². The maximum absolute atomic E-state index is 12.2. The molecule has 8 heteroatoms. The Kier molecular flexibility index (Phi) is 6.25. The van der Waals surface area contributed by atoms with Gasteiger partial charge >= 0.3 is 0 Å². The minimum absolute atomic E-state index is 0.0562. The van der Waals surface area contributed by atoms with Crippen LogP contribution in [-0.4, -0.2) is 40.4 Å². The Hall–Kier alpha value is -0.830. The molecule has 1 atom stereocenters. The van der Waals surface area contributed by atoms with Crippen molar-refractivity contribution >= 4 is 26.0 Å². The Morgan fingerprint density at radius 2 is 1.85 bits per heavy atom. The fourth-order valence-corrected chi connectivity index (χ4v) is 3.60. The van der Waals surface area contributed by atoms with Gasteiger partial charge in [0.05, 0.1) is 20.3 Å². The largest absolute Gasteiger partial charge is 0.493 e. The highest BCUT2D eigenvalue weighted by atomic mass is 79.9. The Bertz CT molecular complexity index is 559. The van der Waals surface area contributed by atoms with Gasteiger partial charge in [-0.3, -0.25) is 0 Å². The van der Waals surface area contributed by atoms with E-state index in [0.29, 0.717) is 22.4 Å². The van der Waals surface area contributed by atoms with Crippen molar-refractivity contribution in [3.05, 3.63) is 16.6 Å². The lowest BCUT2D eigenvalue weighted by molar-refractivity contribution is 0.186. The number of halogens is 1. The molecule has 0 saturated carbocycles. The third-order valence-electron chi connectivity index (χ3n) is 2.58. The van der Waals surface area contributed by atoms with Crippen LogP contribution in [0.2, 0.25) is 0 Å². The summed E-state index contributed by atoms with van der Waals surface area (Å²) in [6.07, 6.45) is -0.226. The fraction of sp³-hybridized carbons (Fsp3) is 0.500. The molecule has 0 aliphatic carbocycles. The van der Waals surface area contributed by atoms with Gasteiger partial charge in [-0.15, -0.1) is 0 Å². The van der Waals surface area contributed by atoms with Crippen molar-refractivity contribution in [3.8, 4) is 11.5 Å². The molecule has 1 rings (SSSR count). The van der Waals surface area contributed by atoms with E-state index >= 15 is 0 Å². The van der Waals surface area contributed by atoms with Gasteiger partial charge in [0.2, 0.25) is 10.0 Å². The van der Waals surface area contributed by atoms with Gasteiger partial charge in [0, 0.05) is 17.1 Å². The summed E-state index contributed by atoms with van der Waals surface area (Å²) in [7, 11) is -0.783. The molecular formula is C12H18BrNO5S. The van der Waals surface area contributed by atoms with Crippen molar-refractivity contribution in [2.24, 2.45) is 0 Å². The van der Waals surface area contributed by atoms with Crippen LogP contribution in [0.3, 0.4) is 0 Å². The van der Waals surface area contributed by atoms with E-state index in [2.05, 4.69) is 20.7 Å². The lowest BCUT2D eigenvalue weighted by atomic mass is 10.3. The van der Waals surface area contributed by atoms with E-state index in [1.807, 2.05) is 0 Å². The van der Waals surface area contributed by atoms with E-state index in [4.69, 9.17) is 14.6 Å². The molecule has 0 spiro atoms. The quantitative estimate of drug-likeness (QED) is 0.762. The molecule has 20 heavy (non-hydrogen) atoms. The average Bonchev–Trinajstić information content (AvgIpc) is 2.37. The minimum atomic E-state index is -3.69. The summed E-state index contributed by atoms with van der Waals surface area (Å²) in [5.74, 6) is 0.758. The molecular weight excluding hydrogens is 350 g/mol. The first kappa shape index (κ1) is 17.2. The second kappa shape index (κ2) is 7.26. The van der Waals surface area contributed by atoms with Crippen LogP contribution in [0.25, 0.3) is 0 Å². The molecule has 0 fully saturated rings. The lowest BCUT2D eigenvalue weighted by Crippen LogP contribution is -2.27. The topological polar surface area (TPSA) is 84.9 Å². The maximum Gasteiger partial charge on any atom is 0.241 e. The van der Waals surface area contributed by atoms with Gasteiger partial charge in [-0.05, 0) is 35.3 Å². The molecule has 2 N–H and O–H groups in total. The first-order chi connectivity index (χ1) is 9.31. The Morgan fingerprint density at radius 3 is 2.35 bits per heavy atom. The molecule has 0 aliphatic heterocycles. The maximum atomic E-state index is 12.2. The molecule has 1 aromatic carbocycles. The van der Waals surface area contributed by atoms with Gasteiger partial charge in [0.15, 0.2) is 11.5 Å². The second-order valence-electron chi connectivity index (χ2n) is 4.17. The number of aliphatic hydroxyl groups is 1. The van der Waals surface area contributed by atoms with E-state index in [0.717, 1.165) is 0 Å². The van der Waals surface area contributed by atoms with Crippen LogP contribution in [0, 0.1) is 0 Å². The highest BCUT2D eigenvalue weighted by Gasteiger charge is 2.21. The van der Waals surface area contributed by atoms with E-state index in [1.165, 1.54) is 26.4 Å². The van der Waals surface area contributed by atoms with Crippen LogP contribution in [0.5, 0.6) is 11.5 Å². The van der Waals surface area contributed by atoms with Crippen molar-refractivity contribution in [1.82, 2.24) is 4.72 Å². The third kappa shape index (κ3) is 4.34. The highest BCUT2D eigenvalue weighted by Crippen LogP contribution is 2.35. The second-order valence-corrected chi connectivity index (χ2v) is 6.76. The van der Waals surface area contributed by atoms with Crippen LogP contribution >= 0.6 is 15.9 Å². The normalized spacial score (nSPS) is 13.1. The number of aliphatic hydroxyl groups excluding tert-OH is 1. The number of ether oxygens (including phenoxy) is 2. The SMILES string of the molecule is COc1cc(Br)c(S(=O)(=O)NCCC(C)O)cc1OC. The number of hydrogen-bond acceptors (Lipinski definition) is 5. The van der Waals surface area contributed by atoms with Crippen LogP contribution in [0.15, 0.2) is 21.5 Å². The summed E-state index contributed by atoms with van der Waals surface area (Å²) < 4.78 is 37.3. The number of sulfonamides is 1. The monoisotopic (exact) mass is 367 g/mol. The molecule has 0 aromatic heterocycles. The average molecular weight is 368 g/mol. The lowest BCUT2D eigenvalue weighted by Gasteiger charge is -2.13. The van der Waals surface area contributed by atoms with Crippen molar-refractivity contribution in [2.75, 3.05) is 20.8 Å². The molecule has 0 radical (unpaired) electrons. The number of benzene rings is 1. The number of methoxy groups -OCH3 is 2. The minimum Gasteiger partial charge on any atom is -0.493 e. The van der Waals surface area contributed by atoms with Crippen LogP contribution < -0.4 is 14.2 Å². The molecule has 0 heterocycles. The number of nitrogens with one attached hydrogen (secondary N) is 1. The van der Waals surface area contributed by atoms with Crippen molar-refractivity contribution in [1.29, 1.82) is 0 Å². The van der Waals surface area contributed by atoms with Gasteiger partial charge in [0.25, 0.3) is 0 Å². The molecule has 0 bridgehead atoms. The van der Waals surface area contributed by atoms with Crippen molar-refractivity contribution < 1.29 is 23.0 Å². The summed E-state index contributed by atoms with van der Waals surface area (Å²) in [4.78, 5) is 0.0562. The smallest absolute Gasteiger partial charge is 0.241 e. The Balaban J connectivity index is 3.05. The first-order valence-corrected chi connectivity index (χ1v) is 8.18. The van der Waals surface area contributed by atoms with Gasteiger partial charge in [0.1, 0.15) is 4.90 Å². The fourth-order valence-electron chi connectivity index (χ4n) is 1.52. The standard InChI is InChI=1S/C12H18BrNO5S/c1-8(15)4-5-14-20(16,17)12-7-11(19-3)10(18-2)6-9(12)13/h6-8,14-15H,4-5H2,1-3H3. The van der Waals surface area contributed by atoms with Crippen LogP contribution in [0.4, 0.5) is 0 Å². The molecule has 114 valence electrons. The van der Waals surface area contributed by atoms with Gasteiger partial charge in [-0.2, -0.15) is 0 Å². The van der Waals surface area contributed by atoms with E-state index in [9.17, 15) is 8.42 Å². The zero-order chi connectivity index (χ0) is 15.3. The van der Waals surface area contributed by atoms with Crippen LogP contribution in [-0.2, 0) is 10.0 Å². The number of hydrogen-bond donors (Lipinski definition) is 2. The van der Waals surface area contributed by atoms with Gasteiger partial charge in [-0.1, -0.05) is 0 Å². The molecule has 1 unspecified atom stereocenters. The third-order valence-corrected chi connectivity index (χ3v) is 5.00. The highest BCUT2D eigenvalue weighted by molar-refractivity contribution is 9.10. The van der Waals surface area contributed by atoms with E-state index in [1.54, 1.807) is 6.92 Å². The van der Waals surface area contributed by atoms with Gasteiger partial charge < -0.3 is 14.6 Å². The van der Waals surface area contributed by atoms with E-state index < -0.39 is 16.1 Å². The zero-order valence-electron chi connectivity index (χ0n) is 11.5. The first-order valence-electron chi connectivity index (χ1n) is 5.91. The van der Waals surface area contributed by atoms with E-state index in [-0.39, 0.29) is 11.4 Å². The number of rotatable bonds is 7. The summed E-state index contributed by atoms with van der Waals surface area (Å²) in [5.41, 5.74) is 0. The Morgan fingerprint density at radius 1 is 1.30 bits per heavy atom. The summed E-state index contributed by atoms with van der Waals surface area (Å²) in [5, 5.41) is 9.14. The van der Waals surface area contributed by atoms with Gasteiger partial charge in [-0.25, -0.2) is 13.1 Å². The molecule has 6 nitrogen and oxygen atoms in total. The summed E-state index contributed by atoms with van der Waals surface area (Å²) in [6, 6.07) is 2.91. The molecule has 0 amide bonds. The predicted molar refractivity (Wildman–Crippen MR) is 78.7 cm³/mol. The van der Waals surface area contributed by atoms with Crippen molar-refractivity contribution in [3.63, 3.8) is 0 Å². The zero-order valence-corrected chi connectivity index (χ0v) is 13.9. The molecule has 0 saturated heterocycles. The molecule has 0 aliphatic rings. The molecule has 1 aromatic rings. The van der Waals surface area contributed by atoms with Crippen molar-refractivity contribution in [2.45, 2.75) is 24.3 Å². The van der Waals surface area contributed by atoms with Crippen LogP contribution in [0.1, 0.15) is 13.3 Å². The summed E-state index contributed by atoms with van der Waals surface area (Å²) >= 11 is 3.20. The summed E-state index contributed by atoms with van der Waals surface area (Å²) in [6.45, 7) is 1.75. The predicted octanol–water partition coefficient (Wildman–Crippen LogP) is 1.52.